The van der Waals surface area contributed by atoms with Crippen molar-refractivity contribution in [1.29, 1.82) is 0 Å². The zero-order valence-corrected chi connectivity index (χ0v) is 22.5. The molecule has 3 aliphatic heterocycles. The highest BCUT2D eigenvalue weighted by atomic mass is 32.2. The van der Waals surface area contributed by atoms with Crippen molar-refractivity contribution in [2.45, 2.75) is 60.0 Å². The van der Waals surface area contributed by atoms with Gasteiger partial charge in [-0.1, -0.05) is 6.07 Å². The lowest BCUT2D eigenvalue weighted by molar-refractivity contribution is -0.259. The lowest BCUT2D eigenvalue weighted by Gasteiger charge is -2.45. The van der Waals surface area contributed by atoms with Crippen LogP contribution in [0.3, 0.4) is 0 Å². The van der Waals surface area contributed by atoms with Gasteiger partial charge in [-0.2, -0.15) is 17.5 Å². The van der Waals surface area contributed by atoms with Crippen molar-refractivity contribution in [3.05, 3.63) is 35.5 Å². The van der Waals surface area contributed by atoms with Crippen LogP contribution in [-0.4, -0.2) is 107 Å². The molecule has 3 saturated heterocycles. The second-order valence-electron chi connectivity index (χ2n) is 10.4. The number of ether oxygens (including phenoxy) is 1. The standard InChI is InChI=1S/C23H30F3N5O5S2/c1-21(32)8-16-13-36-14-18(21)31(16)12-17-11-29(38(34,35)19-4-3-7-37-19)5-6-30(17)20-27-9-15(10-28-20)22(2,33)23(24,25)26/h3-4,7,9-10,16-18,32-33H,5-6,8,11-14H2,1-2H3. The second kappa shape index (κ2) is 9.64. The zero-order valence-electron chi connectivity index (χ0n) is 20.9. The summed E-state index contributed by atoms with van der Waals surface area (Å²) in [5.74, 6) is 0.136. The van der Waals surface area contributed by atoms with Crippen LogP contribution in [0.25, 0.3) is 0 Å². The maximum atomic E-state index is 13.3. The Kier molecular flexibility index (Phi) is 7.02. The first-order chi connectivity index (χ1) is 17.7. The molecule has 5 rings (SSSR count). The largest absolute Gasteiger partial charge is 0.421 e. The molecule has 5 unspecified atom stereocenters. The van der Waals surface area contributed by atoms with Gasteiger partial charge in [-0.3, -0.25) is 4.90 Å². The molecule has 210 valence electrons. The van der Waals surface area contributed by atoms with E-state index in [1.165, 1.54) is 4.31 Å². The van der Waals surface area contributed by atoms with Gasteiger partial charge < -0.3 is 19.8 Å². The fourth-order valence-electron chi connectivity index (χ4n) is 5.49. The minimum atomic E-state index is -4.91. The molecule has 0 aliphatic carbocycles. The first kappa shape index (κ1) is 27.7. The van der Waals surface area contributed by atoms with Gasteiger partial charge in [0.25, 0.3) is 10.0 Å². The highest BCUT2D eigenvalue weighted by Gasteiger charge is 2.53. The summed E-state index contributed by atoms with van der Waals surface area (Å²) in [7, 11) is -3.74. The minimum Gasteiger partial charge on any atom is -0.388 e. The third-order valence-electron chi connectivity index (χ3n) is 7.79. The van der Waals surface area contributed by atoms with Gasteiger partial charge in [0.1, 0.15) is 4.21 Å². The van der Waals surface area contributed by atoms with Gasteiger partial charge in [0.05, 0.1) is 30.9 Å². The van der Waals surface area contributed by atoms with E-state index in [0.717, 1.165) is 23.7 Å². The molecule has 10 nitrogen and oxygen atoms in total. The van der Waals surface area contributed by atoms with Crippen LogP contribution < -0.4 is 4.90 Å². The van der Waals surface area contributed by atoms with Crippen molar-refractivity contribution in [2.75, 3.05) is 44.3 Å². The maximum Gasteiger partial charge on any atom is 0.421 e. The summed E-state index contributed by atoms with van der Waals surface area (Å²) in [4.78, 5) is 12.2. The molecule has 0 spiro atoms. The van der Waals surface area contributed by atoms with Crippen molar-refractivity contribution in [1.82, 2.24) is 19.2 Å². The van der Waals surface area contributed by atoms with Crippen molar-refractivity contribution < 1.29 is 36.5 Å². The molecule has 38 heavy (non-hydrogen) atoms. The normalized spacial score (nSPS) is 30.9. The predicted octanol–water partition coefficient (Wildman–Crippen LogP) is 1.41. The number of fused-ring (bicyclic) bond motifs is 2. The zero-order chi connectivity index (χ0) is 27.5. The SMILES string of the molecule is CC1(O)CC2COCC1N2CC1CN(S(=O)(=O)c2cccs2)CCN1c1ncc(C(C)(O)C(F)(F)F)cn1. The van der Waals surface area contributed by atoms with Crippen LogP contribution in [0.15, 0.2) is 34.1 Å². The summed E-state index contributed by atoms with van der Waals surface area (Å²) in [5, 5.41) is 22.6. The van der Waals surface area contributed by atoms with Gasteiger partial charge in [0.2, 0.25) is 5.95 Å². The number of aromatic nitrogens is 2. The Bertz CT molecular complexity index is 1240. The molecule has 2 bridgehead atoms. The highest BCUT2D eigenvalue weighted by molar-refractivity contribution is 7.91. The van der Waals surface area contributed by atoms with Crippen LogP contribution in [0.5, 0.6) is 0 Å². The summed E-state index contributed by atoms with van der Waals surface area (Å²) in [6.45, 7) is 4.00. The molecule has 2 N–H and O–H groups in total. The molecular formula is C23H30F3N5O5S2. The summed E-state index contributed by atoms with van der Waals surface area (Å²) in [5.41, 5.74) is -4.58. The van der Waals surface area contributed by atoms with E-state index >= 15 is 0 Å². The number of aliphatic hydroxyl groups is 2. The molecule has 5 atom stereocenters. The van der Waals surface area contributed by atoms with E-state index in [2.05, 4.69) is 14.9 Å². The monoisotopic (exact) mass is 577 g/mol. The van der Waals surface area contributed by atoms with E-state index in [9.17, 15) is 31.8 Å². The first-order valence-electron chi connectivity index (χ1n) is 12.2. The van der Waals surface area contributed by atoms with Gasteiger partial charge in [-0.05, 0) is 31.7 Å². The van der Waals surface area contributed by atoms with Crippen molar-refractivity contribution in [3.63, 3.8) is 0 Å². The lowest BCUT2D eigenvalue weighted by atomic mass is 9.97. The predicted molar refractivity (Wildman–Crippen MR) is 132 cm³/mol. The molecule has 5 heterocycles. The van der Waals surface area contributed by atoms with E-state index in [1.807, 2.05) is 0 Å². The Labute approximate surface area is 222 Å². The third-order valence-corrected chi connectivity index (χ3v) is 11.0. The van der Waals surface area contributed by atoms with Crippen molar-refractivity contribution >= 4 is 27.3 Å². The van der Waals surface area contributed by atoms with Gasteiger partial charge in [-0.15, -0.1) is 11.3 Å². The quantitative estimate of drug-likeness (QED) is 0.525. The number of sulfonamides is 1. The Balaban J connectivity index is 1.44. The van der Waals surface area contributed by atoms with E-state index in [1.54, 1.807) is 29.3 Å². The molecule has 2 aromatic heterocycles. The van der Waals surface area contributed by atoms with E-state index < -0.39 is 39.0 Å². The molecule has 15 heteroatoms. The van der Waals surface area contributed by atoms with Gasteiger partial charge in [-0.25, -0.2) is 18.4 Å². The average molecular weight is 578 g/mol. The third kappa shape index (κ3) is 4.82. The Morgan fingerprint density at radius 3 is 2.55 bits per heavy atom. The number of halogens is 3. The molecule has 0 amide bonds. The van der Waals surface area contributed by atoms with Crippen LogP contribution in [0.2, 0.25) is 0 Å². The second-order valence-corrected chi connectivity index (χ2v) is 13.6. The molecule has 3 fully saturated rings. The Morgan fingerprint density at radius 1 is 1.24 bits per heavy atom. The maximum absolute atomic E-state index is 13.3. The van der Waals surface area contributed by atoms with Crippen LogP contribution >= 0.6 is 11.3 Å². The number of nitrogens with zero attached hydrogens (tertiary/aromatic N) is 5. The number of alkyl halides is 3. The van der Waals surface area contributed by atoms with Crippen LogP contribution in [0.1, 0.15) is 25.8 Å². The van der Waals surface area contributed by atoms with Crippen LogP contribution in [-0.2, 0) is 20.4 Å². The summed E-state index contributed by atoms with van der Waals surface area (Å²) in [6, 6.07) is 2.43. The lowest BCUT2D eigenvalue weighted by Crippen LogP contribution is -2.62. The number of thiophene rings is 1. The fourth-order valence-corrected chi connectivity index (χ4v) is 8.11. The molecule has 2 aromatic rings. The molecular weight excluding hydrogens is 547 g/mol. The molecule has 3 aliphatic rings. The van der Waals surface area contributed by atoms with Gasteiger partial charge in [0, 0.05) is 50.2 Å². The summed E-state index contributed by atoms with van der Waals surface area (Å²) in [6.07, 6.45) is -2.50. The Hall–Kier alpha value is -1.88. The van der Waals surface area contributed by atoms with Crippen LogP contribution in [0.4, 0.5) is 19.1 Å². The van der Waals surface area contributed by atoms with Gasteiger partial charge >= 0.3 is 6.18 Å². The summed E-state index contributed by atoms with van der Waals surface area (Å²) >= 11 is 1.13. The number of rotatable bonds is 6. The van der Waals surface area contributed by atoms with Gasteiger partial charge in [0.15, 0.2) is 5.60 Å². The number of hydrogen-bond acceptors (Lipinski definition) is 10. The molecule has 0 saturated carbocycles. The molecule has 0 aromatic carbocycles. The number of morpholine rings is 1. The average Bonchev–Trinajstić information content (AvgIpc) is 3.43. The molecule has 0 radical (unpaired) electrons. The van der Waals surface area contributed by atoms with Crippen molar-refractivity contribution in [3.8, 4) is 0 Å². The van der Waals surface area contributed by atoms with E-state index in [-0.39, 0.29) is 41.9 Å². The summed E-state index contributed by atoms with van der Waals surface area (Å²) < 4.78 is 73.8. The topological polar surface area (TPSA) is 119 Å². The highest BCUT2D eigenvalue weighted by Crippen LogP contribution is 2.39. The van der Waals surface area contributed by atoms with Crippen LogP contribution in [0, 0.1) is 0 Å². The Morgan fingerprint density at radius 2 is 1.95 bits per heavy atom. The fraction of sp³-hybridized carbons (Fsp3) is 0.652. The van der Waals surface area contributed by atoms with E-state index in [4.69, 9.17) is 4.74 Å². The number of anilines is 1. The smallest absolute Gasteiger partial charge is 0.388 e. The number of hydrogen-bond donors (Lipinski definition) is 2. The number of piperazine rings is 1. The first-order valence-corrected chi connectivity index (χ1v) is 14.5. The minimum absolute atomic E-state index is 0.0555. The van der Waals surface area contributed by atoms with E-state index in [0.29, 0.717) is 33.1 Å². The van der Waals surface area contributed by atoms with Crippen molar-refractivity contribution in [2.24, 2.45) is 0 Å².